The van der Waals surface area contributed by atoms with Crippen molar-refractivity contribution < 1.29 is 4.74 Å². The van der Waals surface area contributed by atoms with E-state index in [4.69, 9.17) is 4.74 Å². The van der Waals surface area contributed by atoms with Gasteiger partial charge < -0.3 is 9.30 Å². The molecule has 1 heterocycles. The van der Waals surface area contributed by atoms with Gasteiger partial charge in [-0.3, -0.25) is 0 Å². The van der Waals surface area contributed by atoms with Crippen LogP contribution in [0.2, 0.25) is 0 Å². The van der Waals surface area contributed by atoms with Crippen LogP contribution in [0.5, 0.6) is 5.75 Å². The summed E-state index contributed by atoms with van der Waals surface area (Å²) in [6, 6.07) is 12.9. The Morgan fingerprint density at radius 1 is 1.00 bits per heavy atom. The lowest BCUT2D eigenvalue weighted by Gasteiger charge is -2.03. The van der Waals surface area contributed by atoms with Gasteiger partial charge in [0, 0.05) is 28.9 Å². The molecular formula is C16H17NO. The highest BCUT2D eigenvalue weighted by Crippen LogP contribution is 2.31. The molecule has 0 N–H and O–H groups in total. The Hall–Kier alpha value is -1.96. The molecule has 0 atom stereocenters. The molecule has 0 unspecified atom stereocenters. The van der Waals surface area contributed by atoms with E-state index in [9.17, 15) is 0 Å². The average Bonchev–Trinajstić information content (AvgIpc) is 2.63. The number of hydrogen-bond acceptors (Lipinski definition) is 1. The second-order valence-corrected chi connectivity index (χ2v) is 4.69. The highest BCUT2D eigenvalue weighted by Gasteiger charge is 2.08. The molecule has 0 fully saturated rings. The monoisotopic (exact) mass is 239 g/mol. The molecule has 92 valence electrons. The predicted octanol–water partition coefficient (Wildman–Crippen LogP) is 4.04. The van der Waals surface area contributed by atoms with Crippen LogP contribution in [0.3, 0.4) is 0 Å². The SMILES string of the molecule is CCOc1ccc2c(c1)c1cc(C)ccc1n2C. The number of aromatic nitrogens is 1. The fraction of sp³-hybridized carbons (Fsp3) is 0.250. The lowest BCUT2D eigenvalue weighted by atomic mass is 10.1. The molecule has 3 rings (SSSR count). The molecule has 0 radical (unpaired) electrons. The minimum absolute atomic E-state index is 0.704. The Labute approximate surface area is 107 Å². The Kier molecular flexibility index (Phi) is 2.51. The van der Waals surface area contributed by atoms with Gasteiger partial charge in [0.1, 0.15) is 5.75 Å². The second-order valence-electron chi connectivity index (χ2n) is 4.69. The van der Waals surface area contributed by atoms with Gasteiger partial charge in [0.05, 0.1) is 6.61 Å². The van der Waals surface area contributed by atoms with Crippen LogP contribution < -0.4 is 4.74 Å². The fourth-order valence-electron chi connectivity index (χ4n) is 2.57. The minimum Gasteiger partial charge on any atom is -0.494 e. The quantitative estimate of drug-likeness (QED) is 0.658. The third-order valence-electron chi connectivity index (χ3n) is 3.44. The molecule has 0 aliphatic carbocycles. The zero-order valence-electron chi connectivity index (χ0n) is 11.0. The normalized spacial score (nSPS) is 11.3. The molecule has 0 spiro atoms. The van der Waals surface area contributed by atoms with E-state index in [2.05, 4.69) is 48.9 Å². The van der Waals surface area contributed by atoms with E-state index in [1.54, 1.807) is 0 Å². The molecule has 18 heavy (non-hydrogen) atoms. The number of fused-ring (bicyclic) bond motifs is 3. The molecule has 2 nitrogen and oxygen atoms in total. The summed E-state index contributed by atoms with van der Waals surface area (Å²) in [7, 11) is 2.11. The molecule has 3 aromatic rings. The molecule has 0 amide bonds. The van der Waals surface area contributed by atoms with Gasteiger partial charge in [-0.15, -0.1) is 0 Å². The van der Waals surface area contributed by atoms with Crippen LogP contribution in [-0.2, 0) is 7.05 Å². The summed E-state index contributed by atoms with van der Waals surface area (Å²) >= 11 is 0. The number of benzene rings is 2. The van der Waals surface area contributed by atoms with E-state index in [0.29, 0.717) is 6.61 Å². The third kappa shape index (κ3) is 1.57. The topological polar surface area (TPSA) is 14.2 Å². The lowest BCUT2D eigenvalue weighted by molar-refractivity contribution is 0.341. The molecule has 0 saturated carbocycles. The fourth-order valence-corrected chi connectivity index (χ4v) is 2.57. The zero-order valence-corrected chi connectivity index (χ0v) is 11.0. The number of nitrogens with zero attached hydrogens (tertiary/aromatic N) is 1. The number of rotatable bonds is 2. The van der Waals surface area contributed by atoms with E-state index >= 15 is 0 Å². The highest BCUT2D eigenvalue weighted by atomic mass is 16.5. The first-order valence-corrected chi connectivity index (χ1v) is 6.32. The Bertz CT molecular complexity index is 725. The van der Waals surface area contributed by atoms with Crippen LogP contribution in [0.1, 0.15) is 12.5 Å². The van der Waals surface area contributed by atoms with Crippen molar-refractivity contribution in [2.45, 2.75) is 13.8 Å². The maximum absolute atomic E-state index is 5.59. The Morgan fingerprint density at radius 2 is 1.67 bits per heavy atom. The standard InChI is InChI=1S/C16H17NO/c1-4-18-12-6-8-16-14(10-12)13-9-11(2)5-7-15(13)17(16)3/h5-10H,4H2,1-3H3. The summed E-state index contributed by atoms with van der Waals surface area (Å²) in [5.41, 5.74) is 3.81. The van der Waals surface area contributed by atoms with Gasteiger partial charge in [0.25, 0.3) is 0 Å². The zero-order chi connectivity index (χ0) is 12.7. The smallest absolute Gasteiger partial charge is 0.120 e. The van der Waals surface area contributed by atoms with E-state index in [1.807, 2.05) is 13.0 Å². The first kappa shape index (κ1) is 11.1. The Morgan fingerprint density at radius 3 is 2.39 bits per heavy atom. The van der Waals surface area contributed by atoms with Crippen LogP contribution in [0.25, 0.3) is 21.8 Å². The van der Waals surface area contributed by atoms with E-state index < -0.39 is 0 Å². The van der Waals surface area contributed by atoms with E-state index in [1.165, 1.54) is 27.4 Å². The summed E-state index contributed by atoms with van der Waals surface area (Å²) in [6.45, 7) is 4.84. The largest absolute Gasteiger partial charge is 0.494 e. The summed E-state index contributed by atoms with van der Waals surface area (Å²) in [5, 5.41) is 2.57. The second kappa shape index (κ2) is 4.05. The van der Waals surface area contributed by atoms with Gasteiger partial charge in [-0.1, -0.05) is 11.6 Å². The van der Waals surface area contributed by atoms with Crippen molar-refractivity contribution in [2.24, 2.45) is 7.05 Å². The van der Waals surface area contributed by atoms with Crippen molar-refractivity contribution in [1.29, 1.82) is 0 Å². The van der Waals surface area contributed by atoms with Gasteiger partial charge in [-0.25, -0.2) is 0 Å². The first-order chi connectivity index (χ1) is 8.70. The van der Waals surface area contributed by atoms with Crippen LogP contribution in [-0.4, -0.2) is 11.2 Å². The molecule has 2 heteroatoms. The van der Waals surface area contributed by atoms with Gasteiger partial charge in [-0.05, 0) is 44.2 Å². The van der Waals surface area contributed by atoms with Gasteiger partial charge in [-0.2, -0.15) is 0 Å². The van der Waals surface area contributed by atoms with Crippen LogP contribution >= 0.6 is 0 Å². The van der Waals surface area contributed by atoms with Crippen molar-refractivity contribution in [2.75, 3.05) is 6.61 Å². The summed E-state index contributed by atoms with van der Waals surface area (Å²) in [4.78, 5) is 0. The number of ether oxygens (including phenoxy) is 1. The van der Waals surface area contributed by atoms with Crippen molar-refractivity contribution in [3.8, 4) is 5.75 Å². The summed E-state index contributed by atoms with van der Waals surface area (Å²) < 4.78 is 7.83. The number of aryl methyl sites for hydroxylation is 2. The molecular weight excluding hydrogens is 222 g/mol. The lowest BCUT2D eigenvalue weighted by Crippen LogP contribution is -1.91. The average molecular weight is 239 g/mol. The van der Waals surface area contributed by atoms with E-state index in [-0.39, 0.29) is 0 Å². The Balaban J connectivity index is 2.38. The van der Waals surface area contributed by atoms with Crippen molar-refractivity contribution in [3.63, 3.8) is 0 Å². The van der Waals surface area contributed by atoms with Gasteiger partial charge >= 0.3 is 0 Å². The molecule has 0 saturated heterocycles. The van der Waals surface area contributed by atoms with Crippen LogP contribution in [0.15, 0.2) is 36.4 Å². The summed E-state index contributed by atoms with van der Waals surface area (Å²) in [5.74, 6) is 0.944. The maximum Gasteiger partial charge on any atom is 0.120 e. The summed E-state index contributed by atoms with van der Waals surface area (Å²) in [6.07, 6.45) is 0. The van der Waals surface area contributed by atoms with Crippen molar-refractivity contribution >= 4 is 21.8 Å². The highest BCUT2D eigenvalue weighted by molar-refractivity contribution is 6.08. The number of hydrogen-bond donors (Lipinski definition) is 0. The molecule has 0 bridgehead atoms. The van der Waals surface area contributed by atoms with Crippen molar-refractivity contribution in [3.05, 3.63) is 42.0 Å². The first-order valence-electron chi connectivity index (χ1n) is 6.32. The molecule has 0 aliphatic heterocycles. The predicted molar refractivity (Wildman–Crippen MR) is 76.3 cm³/mol. The van der Waals surface area contributed by atoms with Crippen molar-refractivity contribution in [1.82, 2.24) is 4.57 Å². The molecule has 1 aromatic heterocycles. The maximum atomic E-state index is 5.59. The third-order valence-corrected chi connectivity index (χ3v) is 3.44. The van der Waals surface area contributed by atoms with Gasteiger partial charge in [0.2, 0.25) is 0 Å². The van der Waals surface area contributed by atoms with E-state index in [0.717, 1.165) is 5.75 Å². The van der Waals surface area contributed by atoms with Gasteiger partial charge in [0.15, 0.2) is 0 Å². The van der Waals surface area contributed by atoms with Crippen LogP contribution in [0, 0.1) is 6.92 Å². The minimum atomic E-state index is 0.704. The molecule has 2 aromatic carbocycles. The van der Waals surface area contributed by atoms with Crippen LogP contribution in [0.4, 0.5) is 0 Å². The molecule has 0 aliphatic rings.